The molecule has 0 amide bonds. The van der Waals surface area contributed by atoms with Gasteiger partial charge in [-0.1, -0.05) is 13.8 Å². The molecular formula is C15H25IN4O. The molecule has 6 heteroatoms. The van der Waals surface area contributed by atoms with Gasteiger partial charge in [-0.3, -0.25) is 4.99 Å². The number of aliphatic imine (C=N–C) groups is 1. The lowest BCUT2D eigenvalue weighted by Crippen LogP contribution is -2.40. The number of hydrogen-bond donors (Lipinski definition) is 1. The van der Waals surface area contributed by atoms with Gasteiger partial charge in [0.15, 0.2) is 5.96 Å². The molecular weight excluding hydrogens is 379 g/mol. The molecule has 0 aromatic carbocycles. The highest BCUT2D eigenvalue weighted by Gasteiger charge is 2.30. The number of rotatable bonds is 3. The van der Waals surface area contributed by atoms with Crippen LogP contribution in [0.25, 0.3) is 0 Å². The number of likely N-dealkylation sites (tertiary alicyclic amines) is 1. The predicted molar refractivity (Wildman–Crippen MR) is 96.4 cm³/mol. The number of methoxy groups -OCH3 is 1. The van der Waals surface area contributed by atoms with Crippen molar-refractivity contribution in [1.29, 1.82) is 0 Å². The van der Waals surface area contributed by atoms with Crippen LogP contribution in [-0.4, -0.2) is 43.1 Å². The Balaban J connectivity index is 0.00000220. The van der Waals surface area contributed by atoms with Crippen LogP contribution >= 0.6 is 24.0 Å². The summed E-state index contributed by atoms with van der Waals surface area (Å²) in [6.07, 6.45) is 2.97. The van der Waals surface area contributed by atoms with E-state index in [2.05, 4.69) is 34.0 Å². The van der Waals surface area contributed by atoms with Crippen LogP contribution in [0.4, 0.5) is 0 Å². The third-order valence-corrected chi connectivity index (χ3v) is 3.65. The van der Waals surface area contributed by atoms with Crippen LogP contribution in [0.2, 0.25) is 0 Å². The summed E-state index contributed by atoms with van der Waals surface area (Å²) in [5.41, 5.74) is 1.51. The zero-order valence-electron chi connectivity index (χ0n) is 13.2. The summed E-state index contributed by atoms with van der Waals surface area (Å²) < 4.78 is 5.14. The molecule has 2 rings (SSSR count). The van der Waals surface area contributed by atoms with Gasteiger partial charge in [0.1, 0.15) is 0 Å². The first-order valence-corrected chi connectivity index (χ1v) is 6.98. The van der Waals surface area contributed by atoms with Crippen molar-refractivity contribution in [2.45, 2.75) is 26.8 Å². The molecule has 5 nitrogen and oxygen atoms in total. The Labute approximate surface area is 144 Å². The lowest BCUT2D eigenvalue weighted by atomic mass is 9.93. The molecule has 0 aliphatic carbocycles. The Hall–Kier alpha value is -1.05. The molecule has 0 bridgehead atoms. The monoisotopic (exact) mass is 404 g/mol. The maximum atomic E-state index is 5.14. The molecule has 1 N–H and O–H groups in total. The van der Waals surface area contributed by atoms with Crippen LogP contribution in [0.15, 0.2) is 23.3 Å². The number of halogens is 1. The molecule has 0 atom stereocenters. The molecule has 2 heterocycles. The summed E-state index contributed by atoms with van der Waals surface area (Å²) in [4.78, 5) is 10.8. The van der Waals surface area contributed by atoms with Crippen molar-refractivity contribution in [1.82, 2.24) is 15.2 Å². The van der Waals surface area contributed by atoms with Gasteiger partial charge < -0.3 is 15.0 Å². The topological polar surface area (TPSA) is 49.8 Å². The maximum absolute atomic E-state index is 5.14. The first-order valence-electron chi connectivity index (χ1n) is 6.98. The van der Waals surface area contributed by atoms with Crippen LogP contribution < -0.4 is 10.1 Å². The first kappa shape index (κ1) is 18.0. The van der Waals surface area contributed by atoms with Gasteiger partial charge in [-0.15, -0.1) is 24.0 Å². The largest absolute Gasteiger partial charge is 0.481 e. The van der Waals surface area contributed by atoms with E-state index in [4.69, 9.17) is 4.74 Å². The highest BCUT2D eigenvalue weighted by atomic mass is 127. The second kappa shape index (κ2) is 7.82. The van der Waals surface area contributed by atoms with Gasteiger partial charge in [-0.05, 0) is 23.5 Å². The van der Waals surface area contributed by atoms with Crippen molar-refractivity contribution in [2.75, 3.05) is 27.2 Å². The van der Waals surface area contributed by atoms with Gasteiger partial charge in [-0.25, -0.2) is 4.98 Å². The van der Waals surface area contributed by atoms with Crippen LogP contribution in [0, 0.1) is 5.41 Å². The number of ether oxygens (including phenoxy) is 1. The Kier molecular flexibility index (Phi) is 6.70. The highest BCUT2D eigenvalue weighted by Crippen LogP contribution is 2.28. The fraction of sp³-hybridized carbons (Fsp3) is 0.600. The standard InChI is InChI=1S/C15H24N4O.HI/c1-15(2)6-8-19(11-15)14(16-3)18-10-12-5-7-17-13(9-12)20-4;/h5,7,9H,6,8,10-11H2,1-4H3,(H,16,18);1H. The van der Waals surface area contributed by atoms with Gasteiger partial charge in [0.25, 0.3) is 0 Å². The quantitative estimate of drug-likeness (QED) is 0.478. The SMILES string of the molecule is CN=C(NCc1ccnc(OC)c1)N1CCC(C)(C)C1.I. The van der Waals surface area contributed by atoms with Crippen molar-refractivity contribution < 1.29 is 4.74 Å². The lowest BCUT2D eigenvalue weighted by molar-refractivity contribution is 0.370. The Bertz CT molecular complexity index is 490. The average Bonchev–Trinajstić information content (AvgIpc) is 2.80. The van der Waals surface area contributed by atoms with Crippen LogP contribution in [0.5, 0.6) is 5.88 Å². The van der Waals surface area contributed by atoms with E-state index >= 15 is 0 Å². The van der Waals surface area contributed by atoms with E-state index in [1.165, 1.54) is 6.42 Å². The first-order chi connectivity index (χ1) is 9.54. The van der Waals surface area contributed by atoms with Crippen molar-refractivity contribution in [3.8, 4) is 5.88 Å². The predicted octanol–water partition coefficient (Wildman–Crippen LogP) is 2.52. The van der Waals surface area contributed by atoms with Crippen LogP contribution in [-0.2, 0) is 6.54 Å². The number of nitrogens with zero attached hydrogens (tertiary/aromatic N) is 3. The van der Waals surface area contributed by atoms with E-state index in [0.717, 1.165) is 31.2 Å². The molecule has 0 spiro atoms. The Morgan fingerprint density at radius 3 is 2.86 bits per heavy atom. The van der Waals surface area contributed by atoms with Crippen molar-refractivity contribution in [3.63, 3.8) is 0 Å². The van der Waals surface area contributed by atoms with Gasteiger partial charge >= 0.3 is 0 Å². The lowest BCUT2D eigenvalue weighted by Gasteiger charge is -2.23. The van der Waals surface area contributed by atoms with Gasteiger partial charge in [0.05, 0.1) is 7.11 Å². The van der Waals surface area contributed by atoms with E-state index in [1.54, 1.807) is 13.3 Å². The van der Waals surface area contributed by atoms with Crippen LogP contribution in [0.3, 0.4) is 0 Å². The minimum Gasteiger partial charge on any atom is -0.481 e. The third kappa shape index (κ3) is 5.01. The molecule has 0 saturated carbocycles. The average molecular weight is 404 g/mol. The third-order valence-electron chi connectivity index (χ3n) is 3.65. The number of aromatic nitrogens is 1. The maximum Gasteiger partial charge on any atom is 0.213 e. The number of hydrogen-bond acceptors (Lipinski definition) is 3. The van der Waals surface area contributed by atoms with E-state index in [1.807, 2.05) is 19.2 Å². The Morgan fingerprint density at radius 2 is 2.29 bits per heavy atom. The van der Waals surface area contributed by atoms with Crippen LogP contribution in [0.1, 0.15) is 25.8 Å². The number of pyridine rings is 1. The number of nitrogens with one attached hydrogen (secondary N) is 1. The summed E-state index contributed by atoms with van der Waals surface area (Å²) in [6, 6.07) is 3.92. The summed E-state index contributed by atoms with van der Waals surface area (Å²) in [5.74, 6) is 1.60. The van der Waals surface area contributed by atoms with Gasteiger partial charge in [-0.2, -0.15) is 0 Å². The van der Waals surface area contributed by atoms with Crippen molar-refractivity contribution >= 4 is 29.9 Å². The molecule has 0 radical (unpaired) electrons. The zero-order valence-corrected chi connectivity index (χ0v) is 15.5. The van der Waals surface area contributed by atoms with Gasteiger partial charge in [0, 0.05) is 38.9 Å². The molecule has 118 valence electrons. The molecule has 1 saturated heterocycles. The smallest absolute Gasteiger partial charge is 0.213 e. The zero-order chi connectivity index (χ0) is 14.6. The normalized spacial score (nSPS) is 17.3. The highest BCUT2D eigenvalue weighted by molar-refractivity contribution is 14.0. The van der Waals surface area contributed by atoms with E-state index in [9.17, 15) is 0 Å². The minimum absolute atomic E-state index is 0. The summed E-state index contributed by atoms with van der Waals surface area (Å²) >= 11 is 0. The summed E-state index contributed by atoms with van der Waals surface area (Å²) in [6.45, 7) is 7.43. The van der Waals surface area contributed by atoms with E-state index in [0.29, 0.717) is 11.3 Å². The van der Waals surface area contributed by atoms with E-state index in [-0.39, 0.29) is 24.0 Å². The fourth-order valence-corrected chi connectivity index (χ4v) is 2.48. The fourth-order valence-electron chi connectivity index (χ4n) is 2.48. The van der Waals surface area contributed by atoms with Crippen molar-refractivity contribution in [2.24, 2.45) is 10.4 Å². The molecule has 1 aromatic rings. The minimum atomic E-state index is 0. The van der Waals surface area contributed by atoms with E-state index < -0.39 is 0 Å². The summed E-state index contributed by atoms with van der Waals surface area (Å²) in [7, 11) is 3.46. The molecule has 21 heavy (non-hydrogen) atoms. The molecule has 1 fully saturated rings. The number of guanidine groups is 1. The second-order valence-electron chi connectivity index (χ2n) is 5.94. The molecule has 1 aromatic heterocycles. The molecule has 0 unspecified atom stereocenters. The molecule has 1 aliphatic heterocycles. The Morgan fingerprint density at radius 1 is 1.52 bits per heavy atom. The van der Waals surface area contributed by atoms with Crippen molar-refractivity contribution in [3.05, 3.63) is 23.9 Å². The second-order valence-corrected chi connectivity index (χ2v) is 5.94. The molecule has 1 aliphatic rings. The summed E-state index contributed by atoms with van der Waals surface area (Å²) in [5, 5.41) is 3.41. The van der Waals surface area contributed by atoms with Gasteiger partial charge in [0.2, 0.25) is 5.88 Å².